The van der Waals surface area contributed by atoms with Gasteiger partial charge in [0.05, 0.1) is 30.7 Å². The minimum absolute atomic E-state index is 0.0153. The average molecular weight is 340 g/mol. The molecule has 0 aliphatic carbocycles. The van der Waals surface area contributed by atoms with Gasteiger partial charge in [0.1, 0.15) is 5.82 Å². The van der Waals surface area contributed by atoms with E-state index in [0.717, 1.165) is 19.2 Å². The van der Waals surface area contributed by atoms with Crippen LogP contribution in [0, 0.1) is 17.1 Å². The number of hydrogen-bond donors (Lipinski definition) is 0. The molecule has 124 valence electrons. The van der Waals surface area contributed by atoms with Crippen LogP contribution in [0.5, 0.6) is 0 Å². The minimum atomic E-state index is -0.620. The van der Waals surface area contributed by atoms with Gasteiger partial charge in [-0.25, -0.2) is 4.39 Å². The predicted octanol–water partition coefficient (Wildman–Crippen LogP) is 2.17. The first kappa shape index (κ1) is 17.7. The number of ether oxygens (including phenoxy) is 1. The third-order valence-electron chi connectivity index (χ3n) is 3.74. The van der Waals surface area contributed by atoms with Crippen molar-refractivity contribution in [3.8, 4) is 6.07 Å². The first-order valence-electron chi connectivity index (χ1n) is 7.53. The number of nitriles is 1. The Morgan fingerprint density at radius 3 is 2.78 bits per heavy atom. The van der Waals surface area contributed by atoms with E-state index in [-0.39, 0.29) is 22.9 Å². The fourth-order valence-electron chi connectivity index (χ4n) is 2.40. The number of carbonyl (C=O) groups is 1. The van der Waals surface area contributed by atoms with Gasteiger partial charge in [0, 0.05) is 38.3 Å². The zero-order valence-electron chi connectivity index (χ0n) is 12.8. The van der Waals surface area contributed by atoms with Crippen molar-refractivity contribution in [2.45, 2.75) is 6.42 Å². The molecule has 0 atom stereocenters. The lowest BCUT2D eigenvalue weighted by Crippen LogP contribution is -2.43. The third kappa shape index (κ3) is 5.17. The second-order valence-corrected chi connectivity index (χ2v) is 5.69. The molecule has 1 aromatic rings. The zero-order chi connectivity index (χ0) is 16.7. The molecule has 5 nitrogen and oxygen atoms in total. The highest BCUT2D eigenvalue weighted by molar-refractivity contribution is 6.30. The second kappa shape index (κ2) is 8.82. The van der Waals surface area contributed by atoms with Gasteiger partial charge in [-0.15, -0.1) is 0 Å². The monoisotopic (exact) mass is 339 g/mol. The summed E-state index contributed by atoms with van der Waals surface area (Å²) in [6, 6.07) is 6.05. The van der Waals surface area contributed by atoms with Gasteiger partial charge in [0.2, 0.25) is 0 Å². The molecular weight excluding hydrogens is 321 g/mol. The predicted molar refractivity (Wildman–Crippen MR) is 84.8 cm³/mol. The molecule has 0 N–H and O–H groups in total. The fraction of sp³-hybridized carbons (Fsp3) is 0.500. The summed E-state index contributed by atoms with van der Waals surface area (Å²) in [6.07, 6.45) is 0.241. The van der Waals surface area contributed by atoms with Crippen molar-refractivity contribution in [3.63, 3.8) is 0 Å². The molecule has 1 aromatic carbocycles. The Kier molecular flexibility index (Phi) is 6.78. The van der Waals surface area contributed by atoms with E-state index in [0.29, 0.717) is 32.8 Å². The lowest BCUT2D eigenvalue weighted by Gasteiger charge is -2.30. The summed E-state index contributed by atoms with van der Waals surface area (Å²) in [5.41, 5.74) is 0.242. The molecule has 0 spiro atoms. The summed E-state index contributed by atoms with van der Waals surface area (Å²) in [5.74, 6) is -0.907. The van der Waals surface area contributed by atoms with Gasteiger partial charge in [-0.3, -0.25) is 9.69 Å². The highest BCUT2D eigenvalue weighted by Gasteiger charge is 2.19. The molecule has 1 aliphatic heterocycles. The maximum Gasteiger partial charge on any atom is 0.254 e. The lowest BCUT2D eigenvalue weighted by molar-refractivity contribution is 0.0326. The van der Waals surface area contributed by atoms with Gasteiger partial charge in [0.15, 0.2) is 0 Å². The van der Waals surface area contributed by atoms with Crippen molar-refractivity contribution >= 4 is 17.5 Å². The van der Waals surface area contributed by atoms with Crippen LogP contribution in [0.2, 0.25) is 5.02 Å². The van der Waals surface area contributed by atoms with Crippen molar-refractivity contribution in [1.82, 2.24) is 9.80 Å². The van der Waals surface area contributed by atoms with Crippen LogP contribution in [0.4, 0.5) is 4.39 Å². The van der Waals surface area contributed by atoms with E-state index in [2.05, 4.69) is 4.90 Å². The summed E-state index contributed by atoms with van der Waals surface area (Å²) in [5, 5.41) is 8.76. The Balaban J connectivity index is 2.01. The maximum absolute atomic E-state index is 13.6. The quantitative estimate of drug-likeness (QED) is 0.797. The number of morpholine rings is 1. The molecule has 1 saturated heterocycles. The van der Waals surface area contributed by atoms with Crippen LogP contribution < -0.4 is 0 Å². The van der Waals surface area contributed by atoms with Crippen molar-refractivity contribution in [2.24, 2.45) is 0 Å². The molecule has 2 rings (SSSR count). The molecule has 1 amide bonds. The average Bonchev–Trinajstić information content (AvgIpc) is 2.58. The smallest absolute Gasteiger partial charge is 0.254 e. The van der Waals surface area contributed by atoms with Crippen molar-refractivity contribution in [1.29, 1.82) is 5.26 Å². The van der Waals surface area contributed by atoms with Crippen LogP contribution in [-0.4, -0.2) is 61.6 Å². The minimum Gasteiger partial charge on any atom is -0.379 e. The van der Waals surface area contributed by atoms with Gasteiger partial charge in [0.25, 0.3) is 5.91 Å². The SMILES string of the molecule is N#CCCN(CCN1CCOCC1)C(=O)c1ccc(Cl)c(F)c1. The molecule has 0 aromatic heterocycles. The fourth-order valence-corrected chi connectivity index (χ4v) is 2.52. The summed E-state index contributed by atoms with van der Waals surface area (Å²) < 4.78 is 18.8. The Morgan fingerprint density at radius 2 is 2.13 bits per heavy atom. The van der Waals surface area contributed by atoms with E-state index in [4.69, 9.17) is 21.6 Å². The van der Waals surface area contributed by atoms with Crippen LogP contribution >= 0.6 is 11.6 Å². The van der Waals surface area contributed by atoms with Gasteiger partial charge in [-0.1, -0.05) is 11.6 Å². The molecule has 0 saturated carbocycles. The molecule has 1 aliphatic rings. The molecule has 1 fully saturated rings. The third-order valence-corrected chi connectivity index (χ3v) is 4.04. The normalized spacial score (nSPS) is 15.2. The highest BCUT2D eigenvalue weighted by Crippen LogP contribution is 2.17. The maximum atomic E-state index is 13.6. The first-order valence-corrected chi connectivity index (χ1v) is 7.91. The summed E-state index contributed by atoms with van der Waals surface area (Å²) >= 11 is 5.65. The van der Waals surface area contributed by atoms with Gasteiger partial charge >= 0.3 is 0 Å². The van der Waals surface area contributed by atoms with Crippen molar-refractivity contribution in [2.75, 3.05) is 45.9 Å². The number of rotatable bonds is 6. The van der Waals surface area contributed by atoms with Crippen LogP contribution in [0.3, 0.4) is 0 Å². The van der Waals surface area contributed by atoms with E-state index in [9.17, 15) is 9.18 Å². The Labute approximate surface area is 140 Å². The van der Waals surface area contributed by atoms with E-state index in [1.807, 2.05) is 6.07 Å². The summed E-state index contributed by atoms with van der Waals surface area (Å²) in [4.78, 5) is 16.3. The van der Waals surface area contributed by atoms with Gasteiger partial charge in [-0.05, 0) is 18.2 Å². The van der Waals surface area contributed by atoms with Crippen LogP contribution in [0.15, 0.2) is 18.2 Å². The van der Waals surface area contributed by atoms with E-state index >= 15 is 0 Å². The summed E-state index contributed by atoms with van der Waals surface area (Å²) in [6.45, 7) is 4.56. The van der Waals surface area contributed by atoms with Crippen LogP contribution in [-0.2, 0) is 4.74 Å². The molecule has 0 radical (unpaired) electrons. The van der Waals surface area contributed by atoms with Crippen LogP contribution in [0.25, 0.3) is 0 Å². The molecule has 0 bridgehead atoms. The number of hydrogen-bond acceptors (Lipinski definition) is 4. The standard InChI is InChI=1S/C16H19ClFN3O2/c17-14-3-2-13(12-15(14)18)16(22)21(5-1-4-19)7-6-20-8-10-23-11-9-20/h2-3,12H,1,5-11H2. The number of nitrogens with zero attached hydrogens (tertiary/aromatic N) is 3. The highest BCUT2D eigenvalue weighted by atomic mass is 35.5. The molecular formula is C16H19ClFN3O2. The lowest BCUT2D eigenvalue weighted by atomic mass is 10.2. The largest absolute Gasteiger partial charge is 0.379 e. The van der Waals surface area contributed by atoms with Crippen molar-refractivity contribution < 1.29 is 13.9 Å². The number of amides is 1. The van der Waals surface area contributed by atoms with Crippen LogP contribution in [0.1, 0.15) is 16.8 Å². The van der Waals surface area contributed by atoms with Gasteiger partial charge in [-0.2, -0.15) is 5.26 Å². The molecule has 7 heteroatoms. The van der Waals surface area contributed by atoms with E-state index in [1.165, 1.54) is 12.1 Å². The topological polar surface area (TPSA) is 56.6 Å². The first-order chi connectivity index (χ1) is 11.1. The number of carbonyl (C=O) groups excluding carboxylic acids is 1. The number of halogens is 2. The summed E-state index contributed by atoms with van der Waals surface area (Å²) in [7, 11) is 0. The second-order valence-electron chi connectivity index (χ2n) is 5.28. The molecule has 1 heterocycles. The molecule has 0 unspecified atom stereocenters. The molecule has 23 heavy (non-hydrogen) atoms. The van der Waals surface area contributed by atoms with E-state index < -0.39 is 5.82 Å². The Morgan fingerprint density at radius 1 is 1.39 bits per heavy atom. The van der Waals surface area contributed by atoms with E-state index in [1.54, 1.807) is 4.90 Å². The zero-order valence-corrected chi connectivity index (χ0v) is 13.6. The Hall–Kier alpha value is -1.68. The Bertz CT molecular complexity index is 585. The van der Waals surface area contributed by atoms with Gasteiger partial charge < -0.3 is 9.64 Å². The number of benzene rings is 1. The van der Waals surface area contributed by atoms with Crippen molar-refractivity contribution in [3.05, 3.63) is 34.6 Å².